The largest absolute Gasteiger partial charge is 0.324 e. The number of nitrogens with zero attached hydrogens (tertiary/aromatic N) is 1. The normalized spacial score (nSPS) is 21.7. The minimum atomic E-state index is -0.0194. The number of rotatable bonds is 2. The third-order valence-corrected chi connectivity index (χ3v) is 4.44. The molecule has 1 aromatic heterocycles. The molecule has 0 saturated carbocycles. The zero-order valence-electron chi connectivity index (χ0n) is 12.1. The number of pyridine rings is 1. The lowest BCUT2D eigenvalue weighted by Crippen LogP contribution is -2.32. The number of aromatic nitrogens is 1. The van der Waals surface area contributed by atoms with Crippen molar-refractivity contribution in [2.45, 2.75) is 26.3 Å². The highest BCUT2D eigenvalue weighted by Crippen LogP contribution is 2.33. The van der Waals surface area contributed by atoms with Gasteiger partial charge < -0.3 is 10.6 Å². The quantitative estimate of drug-likeness (QED) is 0.896. The van der Waals surface area contributed by atoms with Gasteiger partial charge in [-0.2, -0.15) is 0 Å². The summed E-state index contributed by atoms with van der Waals surface area (Å²) in [7, 11) is 0. The fourth-order valence-electron chi connectivity index (χ4n) is 2.94. The van der Waals surface area contributed by atoms with Gasteiger partial charge in [0.15, 0.2) is 0 Å². The Morgan fingerprint density at radius 3 is 3.05 bits per heavy atom. The van der Waals surface area contributed by atoms with E-state index < -0.39 is 0 Å². The molecule has 2 atom stereocenters. The van der Waals surface area contributed by atoms with E-state index in [0.29, 0.717) is 10.7 Å². The van der Waals surface area contributed by atoms with E-state index in [9.17, 15) is 4.79 Å². The van der Waals surface area contributed by atoms with Gasteiger partial charge in [0, 0.05) is 17.6 Å². The summed E-state index contributed by atoms with van der Waals surface area (Å²) in [5, 5.41) is 7.73. The van der Waals surface area contributed by atoms with Crippen LogP contribution in [0.15, 0.2) is 24.4 Å². The molecule has 2 heterocycles. The van der Waals surface area contributed by atoms with Crippen LogP contribution in [0.3, 0.4) is 0 Å². The Hall–Kier alpha value is -1.65. The number of nitrogens with one attached hydrogen (secondary N) is 2. The number of halogens is 1. The van der Waals surface area contributed by atoms with Crippen molar-refractivity contribution in [1.82, 2.24) is 10.3 Å². The van der Waals surface area contributed by atoms with Crippen molar-refractivity contribution in [2.24, 2.45) is 5.92 Å². The number of amides is 1. The summed E-state index contributed by atoms with van der Waals surface area (Å²) >= 11 is 6.34. The van der Waals surface area contributed by atoms with E-state index in [4.69, 9.17) is 11.6 Å². The van der Waals surface area contributed by atoms with Gasteiger partial charge in [-0.3, -0.25) is 9.78 Å². The predicted octanol–water partition coefficient (Wildman–Crippen LogP) is 3.13. The van der Waals surface area contributed by atoms with Crippen molar-refractivity contribution in [3.05, 3.63) is 35.0 Å². The van der Waals surface area contributed by atoms with Crippen molar-refractivity contribution in [1.29, 1.82) is 0 Å². The van der Waals surface area contributed by atoms with Crippen molar-refractivity contribution in [3.63, 3.8) is 0 Å². The zero-order valence-corrected chi connectivity index (χ0v) is 12.9. The lowest BCUT2D eigenvalue weighted by Gasteiger charge is -2.17. The molecule has 1 amide bonds. The Bertz CT molecular complexity index is 701. The minimum absolute atomic E-state index is 0.0170. The summed E-state index contributed by atoms with van der Waals surface area (Å²) in [6.45, 7) is 4.88. The third-order valence-electron chi connectivity index (χ3n) is 4.14. The van der Waals surface area contributed by atoms with E-state index in [0.717, 1.165) is 29.4 Å². The highest BCUT2D eigenvalue weighted by atomic mass is 35.5. The molecule has 1 saturated heterocycles. The molecule has 4 nitrogen and oxygen atoms in total. The van der Waals surface area contributed by atoms with E-state index in [1.807, 2.05) is 32.0 Å². The summed E-state index contributed by atoms with van der Waals surface area (Å²) in [5.41, 5.74) is 2.54. The smallest absolute Gasteiger partial charge is 0.229 e. The molecule has 110 valence electrons. The number of anilines is 1. The average Bonchev–Trinajstić information content (AvgIpc) is 2.89. The lowest BCUT2D eigenvalue weighted by molar-refractivity contribution is -0.119. The lowest BCUT2D eigenvalue weighted by atomic mass is 10.0. The molecule has 0 aliphatic carbocycles. The van der Waals surface area contributed by atoms with Gasteiger partial charge in [0.25, 0.3) is 0 Å². The van der Waals surface area contributed by atoms with Gasteiger partial charge in [0.1, 0.15) is 0 Å². The maximum absolute atomic E-state index is 12.5. The Morgan fingerprint density at radius 1 is 1.52 bits per heavy atom. The van der Waals surface area contributed by atoms with Gasteiger partial charge in [-0.1, -0.05) is 11.6 Å². The van der Waals surface area contributed by atoms with Crippen molar-refractivity contribution >= 4 is 34.1 Å². The van der Waals surface area contributed by atoms with Crippen LogP contribution >= 0.6 is 11.6 Å². The van der Waals surface area contributed by atoms with E-state index in [1.165, 1.54) is 0 Å². The first kappa shape index (κ1) is 14.3. The first-order valence-corrected chi connectivity index (χ1v) is 7.54. The predicted molar refractivity (Wildman–Crippen MR) is 85.7 cm³/mol. The summed E-state index contributed by atoms with van der Waals surface area (Å²) in [4.78, 5) is 16.9. The number of hydrogen-bond acceptors (Lipinski definition) is 3. The van der Waals surface area contributed by atoms with Gasteiger partial charge in [-0.15, -0.1) is 0 Å². The van der Waals surface area contributed by atoms with Crippen LogP contribution in [0, 0.1) is 12.8 Å². The Labute approximate surface area is 128 Å². The molecule has 0 spiro atoms. The zero-order chi connectivity index (χ0) is 15.0. The second kappa shape index (κ2) is 5.62. The molecule has 0 radical (unpaired) electrons. The molecule has 2 unspecified atom stereocenters. The number of carbonyl (C=O) groups excluding carboxylic acids is 1. The molecular weight excluding hydrogens is 286 g/mol. The highest BCUT2D eigenvalue weighted by molar-refractivity contribution is 6.35. The van der Waals surface area contributed by atoms with E-state index in [-0.39, 0.29) is 17.9 Å². The molecule has 1 aliphatic rings. The molecule has 2 aromatic rings. The summed E-state index contributed by atoms with van der Waals surface area (Å²) in [6.07, 6.45) is 2.60. The van der Waals surface area contributed by atoms with Gasteiger partial charge >= 0.3 is 0 Å². The van der Waals surface area contributed by atoms with Crippen LogP contribution in [0.1, 0.15) is 18.9 Å². The average molecular weight is 304 g/mol. The summed E-state index contributed by atoms with van der Waals surface area (Å²) < 4.78 is 0. The molecule has 2 N–H and O–H groups in total. The van der Waals surface area contributed by atoms with Gasteiger partial charge in [-0.25, -0.2) is 0 Å². The number of hydrogen-bond donors (Lipinski definition) is 2. The topological polar surface area (TPSA) is 54.0 Å². The second-order valence-corrected chi connectivity index (χ2v) is 5.98. The number of aryl methyl sites for hydroxylation is 1. The standard InChI is InChI=1S/C16H18ClN3O/c1-9-8-13(17)15(12-4-3-6-19-14(9)12)20-16(21)11-5-7-18-10(11)2/h3-4,6,8,10-11,18H,5,7H2,1-2H3,(H,20,21). The van der Waals surface area contributed by atoms with Crippen LogP contribution < -0.4 is 10.6 Å². The monoisotopic (exact) mass is 303 g/mol. The van der Waals surface area contributed by atoms with E-state index in [1.54, 1.807) is 6.20 Å². The number of benzene rings is 1. The minimum Gasteiger partial charge on any atom is -0.324 e. The molecule has 1 aromatic carbocycles. The fourth-order valence-corrected chi connectivity index (χ4v) is 3.25. The van der Waals surface area contributed by atoms with Gasteiger partial charge in [0.2, 0.25) is 5.91 Å². The van der Waals surface area contributed by atoms with Crippen molar-refractivity contribution in [3.8, 4) is 0 Å². The molecule has 5 heteroatoms. The maximum atomic E-state index is 12.5. The van der Waals surface area contributed by atoms with E-state index in [2.05, 4.69) is 15.6 Å². The van der Waals surface area contributed by atoms with Crippen LogP contribution in [0.2, 0.25) is 5.02 Å². The summed E-state index contributed by atoms with van der Waals surface area (Å²) in [5.74, 6) is -0.00232. The molecule has 0 bridgehead atoms. The fraction of sp³-hybridized carbons (Fsp3) is 0.375. The Balaban J connectivity index is 1.99. The van der Waals surface area contributed by atoms with Crippen LogP contribution in [0.4, 0.5) is 5.69 Å². The van der Waals surface area contributed by atoms with Crippen LogP contribution in [0.5, 0.6) is 0 Å². The molecular formula is C16H18ClN3O. The third kappa shape index (κ3) is 2.61. The van der Waals surface area contributed by atoms with E-state index >= 15 is 0 Å². The summed E-state index contributed by atoms with van der Waals surface area (Å²) in [6, 6.07) is 5.84. The van der Waals surface area contributed by atoms with Gasteiger partial charge in [-0.05, 0) is 50.6 Å². The molecule has 1 fully saturated rings. The molecule has 3 rings (SSSR count). The van der Waals surface area contributed by atoms with Crippen LogP contribution in [-0.4, -0.2) is 23.5 Å². The van der Waals surface area contributed by atoms with Crippen LogP contribution in [-0.2, 0) is 4.79 Å². The number of fused-ring (bicyclic) bond motifs is 1. The first-order valence-electron chi connectivity index (χ1n) is 7.16. The maximum Gasteiger partial charge on any atom is 0.229 e. The van der Waals surface area contributed by atoms with Gasteiger partial charge in [0.05, 0.1) is 22.1 Å². The Morgan fingerprint density at radius 2 is 2.33 bits per heavy atom. The Kier molecular flexibility index (Phi) is 3.83. The first-order chi connectivity index (χ1) is 10.1. The molecule has 1 aliphatic heterocycles. The molecule has 21 heavy (non-hydrogen) atoms. The second-order valence-electron chi connectivity index (χ2n) is 5.58. The van der Waals surface area contributed by atoms with Crippen molar-refractivity contribution < 1.29 is 4.79 Å². The van der Waals surface area contributed by atoms with Crippen LogP contribution in [0.25, 0.3) is 10.9 Å². The highest BCUT2D eigenvalue weighted by Gasteiger charge is 2.30. The SMILES string of the molecule is Cc1cc(Cl)c(NC(=O)C2CCNC2C)c2cccnc12. The van der Waals surface area contributed by atoms with Crippen molar-refractivity contribution in [2.75, 3.05) is 11.9 Å². The number of carbonyl (C=O) groups is 1.